The molecule has 1 aromatic carbocycles. The van der Waals surface area contributed by atoms with E-state index in [2.05, 4.69) is 53.7 Å². The largest absolute Gasteiger partial charge is 0.496 e. The summed E-state index contributed by atoms with van der Waals surface area (Å²) in [6.07, 6.45) is 1.65. The van der Waals surface area contributed by atoms with Crippen molar-refractivity contribution in [3.8, 4) is 5.75 Å². The number of rotatable bonds is 5. The van der Waals surface area contributed by atoms with E-state index in [4.69, 9.17) is 10.3 Å². The van der Waals surface area contributed by atoms with Gasteiger partial charge in [0, 0.05) is 48.2 Å². The van der Waals surface area contributed by atoms with Crippen molar-refractivity contribution < 1.29 is 9.53 Å². The lowest BCUT2D eigenvalue weighted by Gasteiger charge is -2.36. The van der Waals surface area contributed by atoms with Crippen LogP contribution in [-0.4, -0.2) is 58.9 Å². The molecule has 0 saturated carbocycles. The minimum atomic E-state index is -0.0178. The van der Waals surface area contributed by atoms with Crippen molar-refractivity contribution in [1.29, 1.82) is 0 Å². The molecule has 2 aromatic heterocycles. The number of aromatic nitrogens is 3. The standard InChI is InChI=1S/C19H19IN8O2/c1-30-16-10-14(3-4-15(16)20)26-6-8-27(9-7-26)18(29)12-28-19-13(11-22-28)2-5-17(23-19)24-25-21/h2-5,10-11H,6-9,12H2,1H3. The number of benzene rings is 1. The topological polar surface area (TPSA) is 112 Å². The van der Waals surface area contributed by atoms with Crippen molar-refractivity contribution in [1.82, 2.24) is 19.7 Å². The molecule has 1 aliphatic heterocycles. The number of hydrogen-bond donors (Lipinski definition) is 0. The van der Waals surface area contributed by atoms with Gasteiger partial charge < -0.3 is 14.5 Å². The molecule has 0 radical (unpaired) electrons. The second kappa shape index (κ2) is 8.76. The first-order chi connectivity index (χ1) is 14.6. The molecule has 1 amide bonds. The Hall–Kier alpha value is -3.05. The van der Waals surface area contributed by atoms with Crippen LogP contribution in [0.4, 0.5) is 11.5 Å². The molecule has 0 atom stereocenters. The summed E-state index contributed by atoms with van der Waals surface area (Å²) >= 11 is 2.25. The third-order valence-electron chi connectivity index (χ3n) is 5.04. The quantitative estimate of drug-likeness (QED) is 0.223. The van der Waals surface area contributed by atoms with E-state index in [1.165, 1.54) is 0 Å². The van der Waals surface area contributed by atoms with Crippen LogP contribution in [0.1, 0.15) is 0 Å². The van der Waals surface area contributed by atoms with Crippen LogP contribution in [0.3, 0.4) is 0 Å². The van der Waals surface area contributed by atoms with Crippen molar-refractivity contribution >= 4 is 51.0 Å². The summed E-state index contributed by atoms with van der Waals surface area (Å²) in [7, 11) is 1.67. The van der Waals surface area contributed by atoms with Crippen LogP contribution >= 0.6 is 22.6 Å². The van der Waals surface area contributed by atoms with E-state index >= 15 is 0 Å². The molecule has 4 rings (SSSR count). The van der Waals surface area contributed by atoms with E-state index in [9.17, 15) is 4.79 Å². The van der Waals surface area contributed by atoms with Crippen LogP contribution in [0.25, 0.3) is 21.5 Å². The van der Waals surface area contributed by atoms with Crippen LogP contribution < -0.4 is 9.64 Å². The fourth-order valence-electron chi connectivity index (χ4n) is 3.45. The Bertz CT molecular complexity index is 1130. The van der Waals surface area contributed by atoms with Gasteiger partial charge in [-0.3, -0.25) is 4.79 Å². The third kappa shape index (κ3) is 4.12. The van der Waals surface area contributed by atoms with Crippen molar-refractivity contribution in [2.45, 2.75) is 6.54 Å². The number of carbonyl (C=O) groups is 1. The summed E-state index contributed by atoms with van der Waals surface area (Å²) in [6.45, 7) is 2.84. The van der Waals surface area contributed by atoms with E-state index in [0.717, 1.165) is 33.5 Å². The highest BCUT2D eigenvalue weighted by Gasteiger charge is 2.23. The lowest BCUT2D eigenvalue weighted by Crippen LogP contribution is -2.49. The van der Waals surface area contributed by atoms with Crippen LogP contribution in [0.5, 0.6) is 5.75 Å². The Morgan fingerprint density at radius 3 is 2.80 bits per heavy atom. The molecule has 11 heteroatoms. The smallest absolute Gasteiger partial charge is 0.244 e. The van der Waals surface area contributed by atoms with Crippen LogP contribution in [0.2, 0.25) is 0 Å². The summed E-state index contributed by atoms with van der Waals surface area (Å²) in [5, 5.41) is 8.58. The van der Waals surface area contributed by atoms with Crippen molar-refractivity contribution in [3.63, 3.8) is 0 Å². The van der Waals surface area contributed by atoms with Gasteiger partial charge in [0.15, 0.2) is 5.65 Å². The number of hydrogen-bond acceptors (Lipinski definition) is 6. The van der Waals surface area contributed by atoms with E-state index in [1.807, 2.05) is 17.0 Å². The molecule has 1 saturated heterocycles. The molecule has 0 aliphatic carbocycles. The molecule has 0 bridgehead atoms. The fourth-order valence-corrected chi connectivity index (χ4v) is 4.00. The molecule has 0 spiro atoms. The van der Waals surface area contributed by atoms with E-state index in [-0.39, 0.29) is 18.3 Å². The number of nitrogens with zero attached hydrogens (tertiary/aromatic N) is 8. The van der Waals surface area contributed by atoms with E-state index in [1.54, 1.807) is 30.1 Å². The molecule has 0 unspecified atom stereocenters. The Balaban J connectivity index is 1.42. The first-order valence-electron chi connectivity index (χ1n) is 9.33. The highest BCUT2D eigenvalue weighted by Crippen LogP contribution is 2.27. The van der Waals surface area contributed by atoms with Gasteiger partial charge in [0.2, 0.25) is 5.91 Å². The van der Waals surface area contributed by atoms with Gasteiger partial charge in [0.1, 0.15) is 18.1 Å². The third-order valence-corrected chi connectivity index (χ3v) is 5.93. The van der Waals surface area contributed by atoms with Crippen molar-refractivity contribution in [3.05, 3.63) is 50.5 Å². The number of anilines is 1. The zero-order valence-corrected chi connectivity index (χ0v) is 18.4. The molecule has 10 nitrogen and oxygen atoms in total. The summed E-state index contributed by atoms with van der Waals surface area (Å²) in [5.41, 5.74) is 10.2. The number of azide groups is 1. The average molecular weight is 518 g/mol. The van der Waals surface area contributed by atoms with E-state index in [0.29, 0.717) is 18.7 Å². The highest BCUT2D eigenvalue weighted by molar-refractivity contribution is 14.1. The average Bonchev–Trinajstić information content (AvgIpc) is 3.16. The monoisotopic (exact) mass is 518 g/mol. The normalized spacial score (nSPS) is 13.9. The summed E-state index contributed by atoms with van der Waals surface area (Å²) in [6, 6.07) is 9.53. The number of amides is 1. The van der Waals surface area contributed by atoms with Gasteiger partial charge >= 0.3 is 0 Å². The zero-order chi connectivity index (χ0) is 21.1. The van der Waals surface area contributed by atoms with Gasteiger partial charge in [-0.15, -0.1) is 0 Å². The van der Waals surface area contributed by atoms with Gasteiger partial charge in [-0.2, -0.15) is 5.10 Å². The molecule has 0 N–H and O–H groups in total. The predicted octanol–water partition coefficient (Wildman–Crippen LogP) is 3.34. The second-order valence-corrected chi connectivity index (χ2v) is 7.92. The Labute approximate surface area is 186 Å². The fraction of sp³-hybridized carbons (Fsp3) is 0.316. The first kappa shape index (κ1) is 20.2. The number of carbonyl (C=O) groups excluding carboxylic acids is 1. The summed E-state index contributed by atoms with van der Waals surface area (Å²) < 4.78 is 8.02. The SMILES string of the molecule is COc1cc(N2CCN(C(=O)Cn3ncc4ccc(N=[N+]=[N-])nc43)CC2)ccc1I. The molecule has 3 heterocycles. The molecule has 1 fully saturated rings. The molecular formula is C19H19IN8O2. The van der Waals surface area contributed by atoms with Gasteiger partial charge in [-0.05, 0) is 57.5 Å². The van der Waals surface area contributed by atoms with E-state index < -0.39 is 0 Å². The number of pyridine rings is 1. The molecule has 3 aromatic rings. The maximum absolute atomic E-state index is 12.8. The molecule has 30 heavy (non-hydrogen) atoms. The number of methoxy groups -OCH3 is 1. The minimum absolute atomic E-state index is 0.0178. The first-order valence-corrected chi connectivity index (χ1v) is 10.4. The number of ether oxygens (including phenoxy) is 1. The Morgan fingerprint density at radius 1 is 1.27 bits per heavy atom. The van der Waals surface area contributed by atoms with Gasteiger partial charge in [-0.25, -0.2) is 9.67 Å². The van der Waals surface area contributed by atoms with Gasteiger partial charge in [0.05, 0.1) is 16.9 Å². The number of fused-ring (bicyclic) bond motifs is 1. The zero-order valence-electron chi connectivity index (χ0n) is 16.3. The van der Waals surface area contributed by atoms with Crippen molar-refractivity contribution in [2.24, 2.45) is 5.11 Å². The van der Waals surface area contributed by atoms with Gasteiger partial charge in [0.25, 0.3) is 0 Å². The number of piperazine rings is 1. The Morgan fingerprint density at radius 2 is 2.07 bits per heavy atom. The van der Waals surface area contributed by atoms with Crippen LogP contribution in [0.15, 0.2) is 41.6 Å². The lowest BCUT2D eigenvalue weighted by atomic mass is 10.2. The second-order valence-electron chi connectivity index (χ2n) is 6.76. The van der Waals surface area contributed by atoms with Crippen molar-refractivity contribution in [2.75, 3.05) is 38.2 Å². The summed E-state index contributed by atoms with van der Waals surface area (Å²) in [4.78, 5) is 24.0. The molecule has 154 valence electrons. The molecular weight excluding hydrogens is 499 g/mol. The lowest BCUT2D eigenvalue weighted by molar-refractivity contribution is -0.132. The maximum Gasteiger partial charge on any atom is 0.244 e. The maximum atomic E-state index is 12.8. The summed E-state index contributed by atoms with van der Waals surface area (Å²) in [5.74, 6) is 1.08. The van der Waals surface area contributed by atoms with Gasteiger partial charge in [-0.1, -0.05) is 0 Å². The molecule has 1 aliphatic rings. The van der Waals surface area contributed by atoms with Crippen LogP contribution in [-0.2, 0) is 11.3 Å². The predicted molar refractivity (Wildman–Crippen MR) is 121 cm³/mol. The highest BCUT2D eigenvalue weighted by atomic mass is 127. The van der Waals surface area contributed by atoms with Crippen LogP contribution in [0, 0.1) is 3.57 Å². The number of halogens is 1. The minimum Gasteiger partial charge on any atom is -0.496 e. The Kier molecular flexibility index (Phi) is 5.91.